The minimum Gasteiger partial charge on any atom is -0.493 e. The van der Waals surface area contributed by atoms with Crippen molar-refractivity contribution in [2.24, 2.45) is 5.41 Å². The van der Waals surface area contributed by atoms with Gasteiger partial charge in [-0.3, -0.25) is 9.59 Å². The lowest BCUT2D eigenvalue weighted by molar-refractivity contribution is 0.0315. The number of hydrogen-bond acceptors (Lipinski definition) is 8. The molecule has 1 saturated carbocycles. The van der Waals surface area contributed by atoms with E-state index in [2.05, 4.69) is 34.6 Å². The molecule has 11 heteroatoms. The van der Waals surface area contributed by atoms with Crippen molar-refractivity contribution in [2.75, 3.05) is 32.6 Å². The molecular formula is C32H32N4O5S2. The van der Waals surface area contributed by atoms with Crippen molar-refractivity contribution in [3.63, 3.8) is 0 Å². The summed E-state index contributed by atoms with van der Waals surface area (Å²) in [6.45, 7) is 1.99. The molecule has 0 unspecified atom stereocenters. The van der Waals surface area contributed by atoms with Gasteiger partial charge in [-0.15, -0.1) is 11.3 Å². The Balaban J connectivity index is 1.08. The van der Waals surface area contributed by atoms with Crippen LogP contribution in [0.15, 0.2) is 82.7 Å². The van der Waals surface area contributed by atoms with E-state index >= 15 is 0 Å². The zero-order valence-electron chi connectivity index (χ0n) is 23.9. The van der Waals surface area contributed by atoms with E-state index in [1.54, 1.807) is 18.3 Å². The van der Waals surface area contributed by atoms with E-state index in [-0.39, 0.29) is 38.6 Å². The van der Waals surface area contributed by atoms with Crippen LogP contribution in [0, 0.1) is 5.41 Å². The Kier molecular flexibility index (Phi) is 7.80. The standard InChI is InChI=1S/C32H32N4O5S2/c1-36(2)19-32(14-5-15-32)20-41-23-11-8-21(9-12-23)31-34-18-24(42-31)17-33-29(37)22-10-13-28-26(16-22)35-30(38)25-6-3-4-7-27(25)43(28,39)40/h3-4,6-13,16,18H,5,14-15,17,19-20H2,1-2H3,(H,33,37)(H,35,38). The number of nitrogens with one attached hydrogen (secondary N) is 2. The predicted octanol–water partition coefficient (Wildman–Crippen LogP) is 5.25. The number of anilines is 1. The first-order valence-corrected chi connectivity index (χ1v) is 16.3. The molecule has 0 bridgehead atoms. The average molecular weight is 617 g/mol. The van der Waals surface area contributed by atoms with E-state index < -0.39 is 21.7 Å². The van der Waals surface area contributed by atoms with Gasteiger partial charge in [0.1, 0.15) is 10.8 Å². The maximum Gasteiger partial charge on any atom is 0.257 e. The van der Waals surface area contributed by atoms with Gasteiger partial charge in [0.05, 0.1) is 34.2 Å². The van der Waals surface area contributed by atoms with Gasteiger partial charge in [0, 0.05) is 34.2 Å². The third-order valence-corrected chi connectivity index (χ3v) is 10.8. The number of thiazole rings is 1. The maximum atomic E-state index is 13.2. The van der Waals surface area contributed by atoms with Gasteiger partial charge in [-0.05, 0) is 81.5 Å². The summed E-state index contributed by atoms with van der Waals surface area (Å²) in [7, 11) is 0.267. The van der Waals surface area contributed by atoms with Crippen molar-refractivity contribution < 1.29 is 22.7 Å². The van der Waals surface area contributed by atoms with Gasteiger partial charge in [-0.25, -0.2) is 13.4 Å². The van der Waals surface area contributed by atoms with Crippen LogP contribution in [0.1, 0.15) is 44.9 Å². The molecule has 0 spiro atoms. The Labute approximate surface area is 254 Å². The molecule has 222 valence electrons. The molecule has 0 atom stereocenters. The summed E-state index contributed by atoms with van der Waals surface area (Å²) in [4.78, 5) is 33.2. The van der Waals surface area contributed by atoms with Crippen molar-refractivity contribution in [2.45, 2.75) is 35.6 Å². The number of carbonyl (C=O) groups is 2. The van der Waals surface area contributed by atoms with E-state index in [0.29, 0.717) is 6.61 Å². The molecule has 43 heavy (non-hydrogen) atoms. The van der Waals surface area contributed by atoms with Crippen LogP contribution in [0.3, 0.4) is 0 Å². The number of hydrogen-bond donors (Lipinski definition) is 2. The minimum absolute atomic E-state index is 0.0537. The average Bonchev–Trinajstić information content (AvgIpc) is 3.43. The fourth-order valence-corrected chi connectivity index (χ4v) is 8.07. The zero-order valence-corrected chi connectivity index (χ0v) is 25.6. The number of nitrogens with zero attached hydrogens (tertiary/aromatic N) is 2. The highest BCUT2D eigenvalue weighted by Gasteiger charge is 2.38. The fourth-order valence-electron chi connectivity index (χ4n) is 5.62. The summed E-state index contributed by atoms with van der Waals surface area (Å²) in [5.41, 5.74) is 1.57. The van der Waals surface area contributed by atoms with Gasteiger partial charge < -0.3 is 20.3 Å². The minimum atomic E-state index is -3.94. The molecule has 2 heterocycles. The lowest BCUT2D eigenvalue weighted by atomic mass is 9.69. The molecule has 1 aliphatic carbocycles. The smallest absolute Gasteiger partial charge is 0.257 e. The van der Waals surface area contributed by atoms with Gasteiger partial charge in [0.2, 0.25) is 9.84 Å². The molecule has 1 aromatic heterocycles. The van der Waals surface area contributed by atoms with Gasteiger partial charge in [0.15, 0.2) is 0 Å². The molecule has 0 saturated heterocycles. The summed E-state index contributed by atoms with van der Waals surface area (Å²) in [6.07, 6.45) is 5.38. The normalized spacial score (nSPS) is 16.3. The second-order valence-electron chi connectivity index (χ2n) is 11.4. The van der Waals surface area contributed by atoms with Crippen molar-refractivity contribution in [3.05, 3.63) is 88.9 Å². The second-order valence-corrected chi connectivity index (χ2v) is 14.4. The van der Waals surface area contributed by atoms with E-state index in [0.717, 1.165) is 27.7 Å². The van der Waals surface area contributed by atoms with Gasteiger partial charge in [0.25, 0.3) is 11.8 Å². The highest BCUT2D eigenvalue weighted by Crippen LogP contribution is 2.42. The molecule has 3 aromatic carbocycles. The first-order valence-electron chi connectivity index (χ1n) is 14.0. The van der Waals surface area contributed by atoms with Crippen LogP contribution in [-0.4, -0.2) is 57.4 Å². The third-order valence-electron chi connectivity index (χ3n) is 7.89. The maximum absolute atomic E-state index is 13.2. The van der Waals surface area contributed by atoms with Crippen molar-refractivity contribution in [1.82, 2.24) is 15.2 Å². The molecule has 1 aliphatic heterocycles. The largest absolute Gasteiger partial charge is 0.493 e. The number of benzene rings is 3. The quantitative estimate of drug-likeness (QED) is 0.264. The van der Waals surface area contributed by atoms with Crippen LogP contribution in [0.25, 0.3) is 10.6 Å². The Hall–Kier alpha value is -4.06. The Morgan fingerprint density at radius 1 is 1.07 bits per heavy atom. The van der Waals surface area contributed by atoms with E-state index in [9.17, 15) is 18.0 Å². The summed E-state index contributed by atoms with van der Waals surface area (Å²) >= 11 is 1.48. The number of carbonyl (C=O) groups excluding carboxylic acids is 2. The highest BCUT2D eigenvalue weighted by atomic mass is 32.2. The molecule has 9 nitrogen and oxygen atoms in total. The fraction of sp³-hybridized carbons (Fsp3) is 0.281. The molecule has 6 rings (SSSR count). The number of amides is 2. The topological polar surface area (TPSA) is 118 Å². The molecule has 2 N–H and O–H groups in total. The number of aromatic nitrogens is 1. The highest BCUT2D eigenvalue weighted by molar-refractivity contribution is 7.91. The molecule has 2 amide bonds. The second kappa shape index (κ2) is 11.6. The first-order chi connectivity index (χ1) is 20.6. The zero-order chi connectivity index (χ0) is 30.2. The third kappa shape index (κ3) is 5.93. The van der Waals surface area contributed by atoms with Gasteiger partial charge >= 0.3 is 0 Å². The van der Waals surface area contributed by atoms with E-state index in [4.69, 9.17) is 4.74 Å². The number of rotatable bonds is 9. The van der Waals surface area contributed by atoms with Crippen LogP contribution in [-0.2, 0) is 16.4 Å². The van der Waals surface area contributed by atoms with Crippen LogP contribution in [0.2, 0.25) is 0 Å². The lowest BCUT2D eigenvalue weighted by Crippen LogP contribution is -2.44. The molecule has 4 aromatic rings. The predicted molar refractivity (Wildman–Crippen MR) is 165 cm³/mol. The van der Waals surface area contributed by atoms with Crippen LogP contribution in [0.4, 0.5) is 5.69 Å². The van der Waals surface area contributed by atoms with E-state index in [1.807, 2.05) is 24.3 Å². The Morgan fingerprint density at radius 3 is 2.56 bits per heavy atom. The number of ether oxygens (including phenoxy) is 1. The number of fused-ring (bicyclic) bond motifs is 2. The molecule has 1 fully saturated rings. The molecule has 2 aliphatic rings. The van der Waals surface area contributed by atoms with Gasteiger partial charge in [-0.1, -0.05) is 18.6 Å². The van der Waals surface area contributed by atoms with Gasteiger partial charge in [-0.2, -0.15) is 0 Å². The van der Waals surface area contributed by atoms with Crippen LogP contribution >= 0.6 is 11.3 Å². The molecule has 0 radical (unpaired) electrons. The number of sulfone groups is 1. The SMILES string of the molecule is CN(C)CC1(COc2ccc(-c3ncc(CNC(=O)c4ccc5c(c4)NC(=O)c4ccccc4S5(=O)=O)s3)cc2)CCC1. The summed E-state index contributed by atoms with van der Waals surface area (Å²) in [5.74, 6) is -0.100. The monoisotopic (exact) mass is 616 g/mol. The Bertz CT molecular complexity index is 1790. The Morgan fingerprint density at radius 2 is 1.84 bits per heavy atom. The summed E-state index contributed by atoms with van der Waals surface area (Å²) in [6, 6.07) is 18.2. The first kappa shape index (κ1) is 29.0. The van der Waals surface area contributed by atoms with Crippen molar-refractivity contribution in [1.29, 1.82) is 0 Å². The van der Waals surface area contributed by atoms with Crippen LogP contribution in [0.5, 0.6) is 5.75 Å². The lowest BCUT2D eigenvalue weighted by Gasteiger charge is -2.43. The summed E-state index contributed by atoms with van der Waals surface area (Å²) < 4.78 is 32.6. The van der Waals surface area contributed by atoms with Crippen molar-refractivity contribution in [3.8, 4) is 16.3 Å². The summed E-state index contributed by atoms with van der Waals surface area (Å²) in [5, 5.41) is 6.33. The van der Waals surface area contributed by atoms with E-state index in [1.165, 1.54) is 60.9 Å². The van der Waals surface area contributed by atoms with Crippen molar-refractivity contribution >= 4 is 38.7 Å². The molecular weight excluding hydrogens is 585 g/mol. The van der Waals surface area contributed by atoms with Crippen LogP contribution < -0.4 is 15.4 Å².